The summed E-state index contributed by atoms with van der Waals surface area (Å²) in [4.78, 5) is 10.9. The van der Waals surface area contributed by atoms with Crippen molar-refractivity contribution in [3.8, 4) is 0 Å². The lowest BCUT2D eigenvalue weighted by Crippen LogP contribution is -2.14. The van der Waals surface area contributed by atoms with Crippen LogP contribution < -0.4 is 0 Å². The number of benzene rings is 1. The maximum atomic E-state index is 4.81. The molecule has 0 amide bonds. The molecule has 24 heavy (non-hydrogen) atoms. The summed E-state index contributed by atoms with van der Waals surface area (Å²) in [5, 5.41) is 0.729. The van der Waals surface area contributed by atoms with Gasteiger partial charge >= 0.3 is 0 Å². The van der Waals surface area contributed by atoms with Gasteiger partial charge in [-0.2, -0.15) is 0 Å². The van der Waals surface area contributed by atoms with Gasteiger partial charge in [0, 0.05) is 16.2 Å². The molecule has 0 atom stereocenters. The van der Waals surface area contributed by atoms with Crippen LogP contribution in [-0.4, -0.2) is 22.7 Å². The van der Waals surface area contributed by atoms with E-state index >= 15 is 0 Å². The van der Waals surface area contributed by atoms with Gasteiger partial charge in [-0.05, 0) is 57.0 Å². The molecule has 0 heterocycles. The Morgan fingerprint density at radius 2 is 1.75 bits per heavy atom. The number of hydrogen-bond donors (Lipinski definition) is 0. The van der Waals surface area contributed by atoms with E-state index in [4.69, 9.17) is 9.98 Å². The number of aliphatic imine (C=N–C) groups is 2. The summed E-state index contributed by atoms with van der Waals surface area (Å²) < 4.78 is 0. The molecule has 0 spiro atoms. The number of para-hydroxylation sites is 1. The van der Waals surface area contributed by atoms with Crippen molar-refractivity contribution in [3.63, 3.8) is 0 Å². The highest BCUT2D eigenvalue weighted by Gasteiger charge is 2.19. The average Bonchev–Trinajstić information content (AvgIpc) is 2.59. The molecule has 2 nitrogen and oxygen atoms in total. The van der Waals surface area contributed by atoms with Gasteiger partial charge in [0.15, 0.2) is 0 Å². The van der Waals surface area contributed by atoms with Crippen LogP contribution >= 0.6 is 11.8 Å². The zero-order valence-electron chi connectivity index (χ0n) is 14.6. The SMILES string of the molecule is CC(C)N=C1C=CC(=Nc2ccccc2)C=C1SC1CCCCC1. The van der Waals surface area contributed by atoms with E-state index in [0.717, 1.165) is 22.4 Å². The highest BCUT2D eigenvalue weighted by molar-refractivity contribution is 8.04. The van der Waals surface area contributed by atoms with Gasteiger partial charge < -0.3 is 0 Å². The third-order valence-electron chi connectivity index (χ3n) is 4.20. The minimum atomic E-state index is 0.313. The van der Waals surface area contributed by atoms with Crippen molar-refractivity contribution in [1.82, 2.24) is 0 Å². The Kier molecular flexibility index (Phi) is 6.08. The van der Waals surface area contributed by atoms with Crippen LogP contribution in [0.4, 0.5) is 5.69 Å². The van der Waals surface area contributed by atoms with Crippen LogP contribution in [0.2, 0.25) is 0 Å². The lowest BCUT2D eigenvalue weighted by molar-refractivity contribution is 0.517. The number of thioether (sulfide) groups is 1. The molecule has 3 rings (SSSR count). The molecule has 2 aliphatic carbocycles. The van der Waals surface area contributed by atoms with Crippen molar-refractivity contribution < 1.29 is 0 Å². The van der Waals surface area contributed by atoms with Crippen molar-refractivity contribution in [2.75, 3.05) is 0 Å². The van der Waals surface area contributed by atoms with Gasteiger partial charge in [-0.1, -0.05) is 37.5 Å². The predicted octanol–water partition coefficient (Wildman–Crippen LogP) is 6.13. The fraction of sp³-hybridized carbons (Fsp3) is 0.429. The van der Waals surface area contributed by atoms with Crippen molar-refractivity contribution in [2.45, 2.75) is 57.2 Å². The van der Waals surface area contributed by atoms with Crippen LogP contribution in [0.15, 0.2) is 63.4 Å². The highest BCUT2D eigenvalue weighted by atomic mass is 32.2. The van der Waals surface area contributed by atoms with Gasteiger partial charge in [0.05, 0.1) is 17.1 Å². The molecule has 1 aromatic rings. The van der Waals surface area contributed by atoms with Crippen LogP contribution in [0.5, 0.6) is 0 Å². The molecule has 0 aliphatic heterocycles. The maximum Gasteiger partial charge on any atom is 0.0714 e. The molecule has 126 valence electrons. The van der Waals surface area contributed by atoms with Crippen LogP contribution in [-0.2, 0) is 0 Å². The number of rotatable bonds is 4. The van der Waals surface area contributed by atoms with Crippen LogP contribution in [0.3, 0.4) is 0 Å². The minimum absolute atomic E-state index is 0.313. The highest BCUT2D eigenvalue weighted by Crippen LogP contribution is 2.35. The Hall–Kier alpha value is -1.61. The quantitative estimate of drug-likeness (QED) is 0.606. The molecular weight excluding hydrogens is 312 g/mol. The summed E-state index contributed by atoms with van der Waals surface area (Å²) in [6.45, 7) is 4.27. The van der Waals surface area contributed by atoms with E-state index in [2.05, 4.69) is 32.1 Å². The van der Waals surface area contributed by atoms with Crippen LogP contribution in [0.25, 0.3) is 0 Å². The minimum Gasteiger partial charge on any atom is -0.281 e. The second-order valence-corrected chi connectivity index (χ2v) is 8.04. The van der Waals surface area contributed by atoms with Gasteiger partial charge in [0.2, 0.25) is 0 Å². The molecule has 2 aliphatic rings. The Balaban J connectivity index is 1.84. The van der Waals surface area contributed by atoms with Gasteiger partial charge in [-0.15, -0.1) is 11.8 Å². The molecule has 0 radical (unpaired) electrons. The van der Waals surface area contributed by atoms with Crippen molar-refractivity contribution in [2.24, 2.45) is 9.98 Å². The molecule has 0 unspecified atom stereocenters. The third kappa shape index (κ3) is 4.94. The maximum absolute atomic E-state index is 4.81. The molecule has 0 aromatic heterocycles. The molecule has 3 heteroatoms. The Morgan fingerprint density at radius 1 is 1.00 bits per heavy atom. The summed E-state index contributed by atoms with van der Waals surface area (Å²) in [6, 6.07) is 10.5. The topological polar surface area (TPSA) is 24.7 Å². The van der Waals surface area contributed by atoms with Crippen LogP contribution in [0.1, 0.15) is 46.0 Å². The summed E-state index contributed by atoms with van der Waals surface area (Å²) in [7, 11) is 0. The van der Waals surface area contributed by atoms with Gasteiger partial charge in [0.25, 0.3) is 0 Å². The first-order valence-corrected chi connectivity index (χ1v) is 9.87. The van der Waals surface area contributed by atoms with Crippen molar-refractivity contribution in [3.05, 3.63) is 53.5 Å². The summed E-state index contributed by atoms with van der Waals surface area (Å²) in [6.07, 6.45) is 13.2. The normalized spacial score (nSPS) is 22.4. The molecule has 1 aromatic carbocycles. The zero-order valence-corrected chi connectivity index (χ0v) is 15.4. The predicted molar refractivity (Wildman–Crippen MR) is 108 cm³/mol. The van der Waals surface area contributed by atoms with Gasteiger partial charge in [0.1, 0.15) is 0 Å². The average molecular weight is 339 g/mol. The Labute approximate surface area is 149 Å². The fourth-order valence-corrected chi connectivity index (χ4v) is 4.42. The van der Waals surface area contributed by atoms with E-state index in [1.54, 1.807) is 0 Å². The standard InChI is InChI=1S/C21H26N2S/c1-16(2)22-20-14-13-18(23-17-9-5-3-6-10-17)15-21(20)24-19-11-7-4-8-12-19/h3,5-6,9-10,13-16,19H,4,7-8,11-12H2,1-2H3. The molecule has 1 fully saturated rings. The lowest BCUT2D eigenvalue weighted by Gasteiger charge is -2.23. The monoisotopic (exact) mass is 338 g/mol. The van der Waals surface area contributed by atoms with E-state index in [0.29, 0.717) is 6.04 Å². The summed E-state index contributed by atoms with van der Waals surface area (Å²) in [5.74, 6) is 0. The Morgan fingerprint density at radius 3 is 2.46 bits per heavy atom. The van der Waals surface area contributed by atoms with E-state index in [-0.39, 0.29) is 0 Å². The van der Waals surface area contributed by atoms with Gasteiger partial charge in [-0.3, -0.25) is 4.99 Å². The Bertz CT molecular complexity index is 662. The van der Waals surface area contributed by atoms with Crippen molar-refractivity contribution in [1.29, 1.82) is 0 Å². The number of allylic oxidation sites excluding steroid dienone is 4. The van der Waals surface area contributed by atoms with E-state index in [1.165, 1.54) is 37.0 Å². The number of nitrogens with zero attached hydrogens (tertiary/aromatic N) is 2. The second kappa shape index (κ2) is 8.48. The fourth-order valence-electron chi connectivity index (χ4n) is 3.07. The number of hydrogen-bond acceptors (Lipinski definition) is 3. The smallest absolute Gasteiger partial charge is 0.0714 e. The first-order chi connectivity index (χ1) is 11.7. The first-order valence-electron chi connectivity index (χ1n) is 8.99. The first kappa shape index (κ1) is 17.2. The third-order valence-corrected chi connectivity index (χ3v) is 5.59. The molecule has 0 saturated heterocycles. The van der Waals surface area contributed by atoms with Crippen LogP contribution in [0, 0.1) is 0 Å². The zero-order chi connectivity index (χ0) is 16.8. The summed E-state index contributed by atoms with van der Waals surface area (Å²) in [5.41, 5.74) is 3.13. The lowest BCUT2D eigenvalue weighted by atomic mass is 10.0. The molecule has 0 N–H and O–H groups in total. The molecule has 0 bridgehead atoms. The molecule has 1 saturated carbocycles. The summed E-state index contributed by atoms with van der Waals surface area (Å²) >= 11 is 2.00. The van der Waals surface area contributed by atoms with E-state index in [9.17, 15) is 0 Å². The second-order valence-electron chi connectivity index (χ2n) is 6.70. The largest absolute Gasteiger partial charge is 0.281 e. The van der Waals surface area contributed by atoms with Crippen molar-refractivity contribution >= 4 is 28.9 Å². The molecular formula is C21H26N2S. The van der Waals surface area contributed by atoms with E-state index in [1.807, 2.05) is 42.1 Å². The van der Waals surface area contributed by atoms with E-state index < -0.39 is 0 Å². The van der Waals surface area contributed by atoms with Gasteiger partial charge in [-0.25, -0.2) is 4.99 Å².